The predicted octanol–water partition coefficient (Wildman–Crippen LogP) is 3.99. The molecule has 1 unspecified atom stereocenters. The van der Waals surface area contributed by atoms with Gasteiger partial charge < -0.3 is 9.84 Å². The Hall–Kier alpha value is -1.51. The van der Waals surface area contributed by atoms with Crippen molar-refractivity contribution in [3.05, 3.63) is 64.7 Å². The molecule has 19 heavy (non-hydrogen) atoms. The molecule has 2 aromatic rings. The largest absolute Gasteiger partial charge is 0.494 e. The van der Waals surface area contributed by atoms with Crippen LogP contribution in [0, 0.1) is 0 Å². The summed E-state index contributed by atoms with van der Waals surface area (Å²) in [7, 11) is 0. The molecule has 0 radical (unpaired) electrons. The normalized spacial score (nSPS) is 13.9. The molecule has 0 heterocycles. The standard InChI is InChI=1S/C16H17ClO2/c1-3-19-13-10-8-12(9-11-13)16(2,18)14-6-4-5-7-15(14)17/h4-11,18H,3H2,1-2H3. The van der Waals surface area contributed by atoms with E-state index in [1.807, 2.05) is 49.4 Å². The lowest BCUT2D eigenvalue weighted by molar-refractivity contribution is 0.102. The summed E-state index contributed by atoms with van der Waals surface area (Å²) in [6.07, 6.45) is 0. The van der Waals surface area contributed by atoms with Crippen molar-refractivity contribution in [1.29, 1.82) is 0 Å². The zero-order chi connectivity index (χ0) is 13.9. The SMILES string of the molecule is CCOc1ccc(C(C)(O)c2ccccc2Cl)cc1. The van der Waals surface area contributed by atoms with E-state index in [1.165, 1.54) is 0 Å². The van der Waals surface area contributed by atoms with Crippen LogP contribution in [-0.2, 0) is 5.60 Å². The maximum Gasteiger partial charge on any atom is 0.119 e. The molecule has 2 aromatic carbocycles. The second-order valence-electron chi connectivity index (χ2n) is 4.51. The maximum absolute atomic E-state index is 10.7. The molecule has 2 nitrogen and oxygen atoms in total. The number of benzene rings is 2. The van der Waals surface area contributed by atoms with E-state index in [1.54, 1.807) is 13.0 Å². The highest BCUT2D eigenvalue weighted by atomic mass is 35.5. The van der Waals surface area contributed by atoms with Crippen molar-refractivity contribution in [2.75, 3.05) is 6.61 Å². The molecule has 0 aromatic heterocycles. The first-order valence-electron chi connectivity index (χ1n) is 6.26. The molecule has 100 valence electrons. The fourth-order valence-electron chi connectivity index (χ4n) is 2.05. The Morgan fingerprint density at radius 1 is 1.11 bits per heavy atom. The van der Waals surface area contributed by atoms with Crippen molar-refractivity contribution in [3.8, 4) is 5.75 Å². The fourth-order valence-corrected chi connectivity index (χ4v) is 2.37. The smallest absolute Gasteiger partial charge is 0.119 e. The van der Waals surface area contributed by atoms with E-state index in [4.69, 9.17) is 16.3 Å². The maximum atomic E-state index is 10.7. The number of ether oxygens (including phenoxy) is 1. The van der Waals surface area contributed by atoms with Crippen LogP contribution in [0.5, 0.6) is 5.75 Å². The number of aliphatic hydroxyl groups is 1. The Morgan fingerprint density at radius 2 is 1.74 bits per heavy atom. The third-order valence-corrected chi connectivity index (χ3v) is 3.46. The zero-order valence-electron chi connectivity index (χ0n) is 11.1. The van der Waals surface area contributed by atoms with E-state index >= 15 is 0 Å². The monoisotopic (exact) mass is 276 g/mol. The number of rotatable bonds is 4. The van der Waals surface area contributed by atoms with E-state index in [2.05, 4.69) is 0 Å². The van der Waals surface area contributed by atoms with E-state index in [0.717, 1.165) is 11.3 Å². The average molecular weight is 277 g/mol. The van der Waals surface area contributed by atoms with Gasteiger partial charge in [0.25, 0.3) is 0 Å². The van der Waals surface area contributed by atoms with E-state index < -0.39 is 5.60 Å². The first-order valence-corrected chi connectivity index (χ1v) is 6.64. The third-order valence-electron chi connectivity index (χ3n) is 3.13. The van der Waals surface area contributed by atoms with Crippen molar-refractivity contribution in [3.63, 3.8) is 0 Å². The third kappa shape index (κ3) is 2.91. The van der Waals surface area contributed by atoms with E-state index in [9.17, 15) is 5.11 Å². The number of hydrogen-bond acceptors (Lipinski definition) is 2. The Morgan fingerprint density at radius 3 is 2.32 bits per heavy atom. The molecule has 0 bridgehead atoms. The van der Waals surface area contributed by atoms with Crippen molar-refractivity contribution >= 4 is 11.6 Å². The minimum absolute atomic E-state index is 0.557. The van der Waals surface area contributed by atoms with Crippen LogP contribution in [0.25, 0.3) is 0 Å². The van der Waals surface area contributed by atoms with Gasteiger partial charge >= 0.3 is 0 Å². The van der Waals surface area contributed by atoms with Gasteiger partial charge in [0, 0.05) is 10.6 Å². The second kappa shape index (κ2) is 5.64. The lowest BCUT2D eigenvalue weighted by Crippen LogP contribution is -2.23. The van der Waals surface area contributed by atoms with Crippen molar-refractivity contribution < 1.29 is 9.84 Å². The summed E-state index contributed by atoms with van der Waals surface area (Å²) >= 11 is 6.15. The molecule has 0 fully saturated rings. The summed E-state index contributed by atoms with van der Waals surface area (Å²) in [5, 5.41) is 11.3. The average Bonchev–Trinajstić information content (AvgIpc) is 2.40. The molecule has 3 heteroatoms. The predicted molar refractivity (Wildman–Crippen MR) is 77.7 cm³/mol. The number of halogens is 1. The van der Waals surface area contributed by atoms with E-state index in [-0.39, 0.29) is 0 Å². The minimum atomic E-state index is -1.12. The Kier molecular flexibility index (Phi) is 4.13. The van der Waals surface area contributed by atoms with Gasteiger partial charge in [-0.15, -0.1) is 0 Å². The number of hydrogen-bond donors (Lipinski definition) is 1. The van der Waals surface area contributed by atoms with Crippen LogP contribution < -0.4 is 4.74 Å². The molecule has 0 saturated heterocycles. The van der Waals surface area contributed by atoms with Gasteiger partial charge in [-0.25, -0.2) is 0 Å². The van der Waals surface area contributed by atoms with Crippen molar-refractivity contribution in [2.24, 2.45) is 0 Å². The van der Waals surface area contributed by atoms with Gasteiger partial charge in [-0.3, -0.25) is 0 Å². The van der Waals surface area contributed by atoms with Gasteiger partial charge in [-0.2, -0.15) is 0 Å². The van der Waals surface area contributed by atoms with Gasteiger partial charge in [0.15, 0.2) is 0 Å². The van der Waals surface area contributed by atoms with E-state index in [0.29, 0.717) is 17.2 Å². The molecule has 2 rings (SSSR count). The molecule has 0 aliphatic carbocycles. The van der Waals surface area contributed by atoms with Crippen molar-refractivity contribution in [1.82, 2.24) is 0 Å². The van der Waals surface area contributed by atoms with Crippen LogP contribution in [0.2, 0.25) is 5.02 Å². The van der Waals surface area contributed by atoms with Gasteiger partial charge in [0.2, 0.25) is 0 Å². The van der Waals surface area contributed by atoms with Crippen LogP contribution in [0.15, 0.2) is 48.5 Å². The minimum Gasteiger partial charge on any atom is -0.494 e. The van der Waals surface area contributed by atoms with Crippen LogP contribution in [-0.4, -0.2) is 11.7 Å². The Balaban J connectivity index is 2.36. The molecule has 1 N–H and O–H groups in total. The lowest BCUT2D eigenvalue weighted by atomic mass is 9.88. The fraction of sp³-hybridized carbons (Fsp3) is 0.250. The van der Waals surface area contributed by atoms with Crippen LogP contribution >= 0.6 is 11.6 Å². The highest BCUT2D eigenvalue weighted by Gasteiger charge is 2.27. The van der Waals surface area contributed by atoms with Gasteiger partial charge in [-0.05, 0) is 37.6 Å². The molecule has 0 amide bonds. The summed E-state index contributed by atoms with van der Waals surface area (Å²) in [5.74, 6) is 0.793. The molecule has 0 saturated carbocycles. The molecule has 0 aliphatic heterocycles. The summed E-state index contributed by atoms with van der Waals surface area (Å²) < 4.78 is 5.40. The van der Waals surface area contributed by atoms with Gasteiger partial charge in [-0.1, -0.05) is 41.9 Å². The summed E-state index contributed by atoms with van der Waals surface area (Å²) in [6, 6.07) is 14.7. The summed E-state index contributed by atoms with van der Waals surface area (Å²) in [6.45, 7) is 4.30. The molecular weight excluding hydrogens is 260 g/mol. The van der Waals surface area contributed by atoms with Crippen LogP contribution in [0.1, 0.15) is 25.0 Å². The summed E-state index contributed by atoms with van der Waals surface area (Å²) in [5.41, 5.74) is 0.355. The van der Waals surface area contributed by atoms with Gasteiger partial charge in [0.1, 0.15) is 11.4 Å². The highest BCUT2D eigenvalue weighted by molar-refractivity contribution is 6.31. The Bertz CT molecular complexity index is 547. The molecular formula is C16H17ClO2. The first-order chi connectivity index (χ1) is 9.05. The topological polar surface area (TPSA) is 29.5 Å². The zero-order valence-corrected chi connectivity index (χ0v) is 11.8. The molecule has 1 atom stereocenters. The van der Waals surface area contributed by atoms with Crippen LogP contribution in [0.3, 0.4) is 0 Å². The first kappa shape index (κ1) is 13.9. The second-order valence-corrected chi connectivity index (χ2v) is 4.92. The van der Waals surface area contributed by atoms with Crippen molar-refractivity contribution in [2.45, 2.75) is 19.4 Å². The lowest BCUT2D eigenvalue weighted by Gasteiger charge is -2.25. The summed E-state index contributed by atoms with van der Waals surface area (Å²) in [4.78, 5) is 0. The van der Waals surface area contributed by atoms with Gasteiger partial charge in [0.05, 0.1) is 6.61 Å². The highest BCUT2D eigenvalue weighted by Crippen LogP contribution is 2.34. The Labute approximate surface area is 118 Å². The van der Waals surface area contributed by atoms with Crippen LogP contribution in [0.4, 0.5) is 0 Å². The molecule has 0 spiro atoms. The molecule has 0 aliphatic rings. The quantitative estimate of drug-likeness (QED) is 0.915.